The minimum Gasteiger partial charge on any atom is -0.484 e. The molecule has 0 spiro atoms. The molecule has 4 rings (SSSR count). The Balaban J connectivity index is 1.56. The molecule has 2 atom stereocenters. The van der Waals surface area contributed by atoms with Crippen molar-refractivity contribution in [2.75, 3.05) is 45.6 Å². The number of aliphatic hydroxyl groups excluding tert-OH is 1. The molecule has 1 aliphatic heterocycles. The van der Waals surface area contributed by atoms with E-state index in [0.717, 1.165) is 38.2 Å². The quantitative estimate of drug-likeness (QED) is 0.728. The molecular formula is C22H27ClN2O4S. The lowest BCUT2D eigenvalue weighted by molar-refractivity contribution is 0.0346. The third kappa shape index (κ3) is 4.65. The van der Waals surface area contributed by atoms with Crippen molar-refractivity contribution in [2.45, 2.75) is 23.5 Å². The first-order valence-electron chi connectivity index (χ1n) is 10.2. The number of sulfone groups is 1. The molecular weight excluding hydrogens is 424 g/mol. The molecule has 2 aromatic rings. The topological polar surface area (TPSA) is 70.1 Å². The maximum absolute atomic E-state index is 11.7. The van der Waals surface area contributed by atoms with Crippen molar-refractivity contribution in [1.82, 2.24) is 9.80 Å². The van der Waals surface area contributed by atoms with Crippen molar-refractivity contribution in [3.63, 3.8) is 0 Å². The number of aliphatic hydroxyl groups is 1. The standard InChI is InChI=1S/C22H27ClN2O4S/c1-30(27,28)19-6-4-18(5-7-19)29-22-20-15-17(23)3-2-16(20)14-21(22)25-10-8-24(9-11-25)12-13-26/h2-7,15,21-22,26H,8-14H2,1H3. The fourth-order valence-electron chi connectivity index (χ4n) is 4.39. The summed E-state index contributed by atoms with van der Waals surface area (Å²) in [5, 5.41) is 9.87. The van der Waals surface area contributed by atoms with Crippen LogP contribution < -0.4 is 4.74 Å². The highest BCUT2D eigenvalue weighted by Gasteiger charge is 2.39. The van der Waals surface area contributed by atoms with Gasteiger partial charge in [-0.05, 0) is 53.9 Å². The predicted octanol–water partition coefficient (Wildman–Crippen LogP) is 2.40. The minimum atomic E-state index is -3.24. The number of benzene rings is 2. The summed E-state index contributed by atoms with van der Waals surface area (Å²) in [4.78, 5) is 5.01. The zero-order valence-corrected chi connectivity index (χ0v) is 18.6. The van der Waals surface area contributed by atoms with E-state index in [0.29, 0.717) is 17.3 Å². The first kappa shape index (κ1) is 21.6. The van der Waals surface area contributed by atoms with Crippen LogP contribution in [0, 0.1) is 0 Å². The molecule has 30 heavy (non-hydrogen) atoms. The molecule has 1 aliphatic carbocycles. The smallest absolute Gasteiger partial charge is 0.175 e. The SMILES string of the molecule is CS(=O)(=O)c1ccc(OC2c3cc(Cl)ccc3CC2N2CCN(CCO)CC2)cc1. The van der Waals surface area contributed by atoms with Gasteiger partial charge in [-0.3, -0.25) is 9.80 Å². The van der Waals surface area contributed by atoms with Gasteiger partial charge in [-0.1, -0.05) is 17.7 Å². The zero-order valence-electron chi connectivity index (χ0n) is 17.0. The van der Waals surface area contributed by atoms with Crippen LogP contribution >= 0.6 is 11.6 Å². The molecule has 2 aliphatic rings. The van der Waals surface area contributed by atoms with Crippen molar-refractivity contribution in [3.8, 4) is 5.75 Å². The van der Waals surface area contributed by atoms with Crippen molar-refractivity contribution in [3.05, 3.63) is 58.6 Å². The van der Waals surface area contributed by atoms with Crippen LogP contribution in [0.2, 0.25) is 5.02 Å². The molecule has 8 heteroatoms. The molecule has 162 valence electrons. The van der Waals surface area contributed by atoms with E-state index in [1.54, 1.807) is 24.3 Å². The number of nitrogens with zero attached hydrogens (tertiary/aromatic N) is 2. The van der Waals surface area contributed by atoms with E-state index in [9.17, 15) is 13.5 Å². The Hall–Kier alpha value is -1.64. The molecule has 6 nitrogen and oxygen atoms in total. The number of β-amino-alcohol motifs (C(OH)–C–C–N with tert-alkyl or cyclic N) is 1. The van der Waals surface area contributed by atoms with Gasteiger partial charge in [0.15, 0.2) is 9.84 Å². The number of fused-ring (bicyclic) bond motifs is 1. The first-order valence-corrected chi connectivity index (χ1v) is 12.4. The van der Waals surface area contributed by atoms with Crippen LogP contribution in [0.3, 0.4) is 0 Å². The number of piperazine rings is 1. The van der Waals surface area contributed by atoms with E-state index >= 15 is 0 Å². The van der Waals surface area contributed by atoms with E-state index in [2.05, 4.69) is 15.9 Å². The second-order valence-electron chi connectivity index (χ2n) is 8.00. The number of hydrogen-bond acceptors (Lipinski definition) is 6. The molecule has 1 saturated heterocycles. The molecule has 2 unspecified atom stereocenters. The van der Waals surface area contributed by atoms with E-state index in [1.165, 1.54) is 11.8 Å². The lowest BCUT2D eigenvalue weighted by atomic mass is 10.1. The van der Waals surface area contributed by atoms with Crippen LogP contribution in [0.1, 0.15) is 17.2 Å². The van der Waals surface area contributed by atoms with E-state index < -0.39 is 9.84 Å². The Morgan fingerprint density at radius 1 is 1.10 bits per heavy atom. The maximum atomic E-state index is 11.7. The van der Waals surface area contributed by atoms with Gasteiger partial charge in [0.25, 0.3) is 0 Å². The van der Waals surface area contributed by atoms with Crippen LogP contribution in [0.15, 0.2) is 47.4 Å². The van der Waals surface area contributed by atoms with Crippen LogP contribution in [0.5, 0.6) is 5.75 Å². The summed E-state index contributed by atoms with van der Waals surface area (Å²) < 4.78 is 29.9. The number of ether oxygens (including phenoxy) is 1. The lowest BCUT2D eigenvalue weighted by Gasteiger charge is -2.39. The van der Waals surface area contributed by atoms with Crippen molar-refractivity contribution >= 4 is 21.4 Å². The average Bonchev–Trinajstić information content (AvgIpc) is 3.06. The fourth-order valence-corrected chi connectivity index (χ4v) is 5.20. The van der Waals surface area contributed by atoms with Gasteiger partial charge in [0.05, 0.1) is 17.5 Å². The van der Waals surface area contributed by atoms with Gasteiger partial charge in [0, 0.05) is 44.0 Å². The second kappa shape index (κ2) is 8.85. The Morgan fingerprint density at radius 2 is 1.80 bits per heavy atom. The van der Waals surface area contributed by atoms with Gasteiger partial charge >= 0.3 is 0 Å². The monoisotopic (exact) mass is 450 g/mol. The van der Waals surface area contributed by atoms with E-state index in [1.807, 2.05) is 12.1 Å². The molecule has 0 saturated carbocycles. The molecule has 0 aromatic heterocycles. The highest BCUT2D eigenvalue weighted by Crippen LogP contribution is 2.39. The molecule has 2 aromatic carbocycles. The van der Waals surface area contributed by atoms with Crippen LogP contribution in [0.25, 0.3) is 0 Å². The summed E-state index contributed by atoms with van der Waals surface area (Å²) in [6.45, 7) is 4.57. The van der Waals surface area contributed by atoms with Gasteiger partial charge < -0.3 is 9.84 Å². The summed E-state index contributed by atoms with van der Waals surface area (Å²) >= 11 is 6.28. The van der Waals surface area contributed by atoms with Gasteiger partial charge in [-0.2, -0.15) is 0 Å². The van der Waals surface area contributed by atoms with Crippen LogP contribution in [-0.4, -0.2) is 75.0 Å². The third-order valence-corrected chi connectivity index (χ3v) is 7.36. The average molecular weight is 451 g/mol. The summed E-state index contributed by atoms with van der Waals surface area (Å²) in [7, 11) is -3.24. The van der Waals surface area contributed by atoms with Crippen molar-refractivity contribution in [1.29, 1.82) is 0 Å². The highest BCUT2D eigenvalue weighted by atomic mass is 35.5. The van der Waals surface area contributed by atoms with E-state index in [4.69, 9.17) is 16.3 Å². The van der Waals surface area contributed by atoms with Gasteiger partial charge in [-0.15, -0.1) is 0 Å². The first-order chi connectivity index (χ1) is 14.3. The Bertz CT molecular complexity index is 989. The Kier molecular flexibility index (Phi) is 6.36. The molecule has 1 heterocycles. The predicted molar refractivity (Wildman–Crippen MR) is 117 cm³/mol. The molecule has 1 N–H and O–H groups in total. The number of rotatable bonds is 6. The fraction of sp³-hybridized carbons (Fsp3) is 0.455. The molecule has 0 bridgehead atoms. The van der Waals surface area contributed by atoms with Gasteiger partial charge in [-0.25, -0.2) is 8.42 Å². The maximum Gasteiger partial charge on any atom is 0.175 e. The van der Waals surface area contributed by atoms with Gasteiger partial charge in [0.1, 0.15) is 11.9 Å². The largest absolute Gasteiger partial charge is 0.484 e. The normalized spacial score (nSPS) is 22.8. The summed E-state index contributed by atoms with van der Waals surface area (Å²) in [5.74, 6) is 0.643. The van der Waals surface area contributed by atoms with E-state index in [-0.39, 0.29) is 23.6 Å². The van der Waals surface area contributed by atoms with Crippen molar-refractivity contribution in [2.24, 2.45) is 0 Å². The zero-order chi connectivity index (χ0) is 21.3. The Labute approximate surface area is 182 Å². The number of halogens is 1. The van der Waals surface area contributed by atoms with Crippen LogP contribution in [-0.2, 0) is 16.3 Å². The highest BCUT2D eigenvalue weighted by molar-refractivity contribution is 7.90. The minimum absolute atomic E-state index is 0.174. The summed E-state index contributed by atoms with van der Waals surface area (Å²) in [6, 6.07) is 12.8. The Morgan fingerprint density at radius 3 is 2.43 bits per heavy atom. The summed E-state index contributed by atoms with van der Waals surface area (Å²) in [6.07, 6.45) is 1.91. The van der Waals surface area contributed by atoms with Gasteiger partial charge in [0.2, 0.25) is 0 Å². The van der Waals surface area contributed by atoms with Crippen molar-refractivity contribution < 1.29 is 18.3 Å². The third-order valence-electron chi connectivity index (χ3n) is 6.00. The molecule has 1 fully saturated rings. The molecule has 0 amide bonds. The summed E-state index contributed by atoms with van der Waals surface area (Å²) in [5.41, 5.74) is 2.33. The lowest BCUT2D eigenvalue weighted by Crippen LogP contribution is -2.52. The molecule has 0 radical (unpaired) electrons. The number of hydrogen-bond donors (Lipinski definition) is 1. The van der Waals surface area contributed by atoms with Crippen LogP contribution in [0.4, 0.5) is 0 Å². The second-order valence-corrected chi connectivity index (χ2v) is 10.5.